The smallest absolute Gasteiger partial charge is 0.224 e. The van der Waals surface area contributed by atoms with Gasteiger partial charge in [-0.05, 0) is 38.3 Å². The monoisotopic (exact) mass is 342 g/mol. The Labute approximate surface area is 148 Å². The first-order valence-corrected chi connectivity index (χ1v) is 9.02. The molecule has 0 spiro atoms. The lowest BCUT2D eigenvalue weighted by molar-refractivity contribution is -0.120. The Morgan fingerprint density at radius 2 is 1.96 bits per heavy atom. The van der Waals surface area contributed by atoms with Gasteiger partial charge in [0.1, 0.15) is 11.6 Å². The van der Waals surface area contributed by atoms with Crippen molar-refractivity contribution in [2.24, 2.45) is 0 Å². The molecular weight excluding hydrogens is 316 g/mol. The highest BCUT2D eigenvalue weighted by atomic mass is 16.5. The molecule has 0 unspecified atom stereocenters. The van der Waals surface area contributed by atoms with Crippen LogP contribution in [0.4, 0.5) is 5.82 Å². The standard InChI is InChI=1S/C19H26N4O2/c1-14-17(15(2)25-22-14)11-19(24)21-13-16-7-8-18(20-12-16)23-9-5-3-4-6-10-23/h7-8,12H,3-6,9-11,13H2,1-2H3,(H,21,24). The third kappa shape index (κ3) is 4.59. The first-order valence-electron chi connectivity index (χ1n) is 9.02. The molecule has 0 aromatic carbocycles. The van der Waals surface area contributed by atoms with E-state index in [2.05, 4.69) is 26.4 Å². The van der Waals surface area contributed by atoms with Gasteiger partial charge in [0.15, 0.2) is 0 Å². The molecule has 6 heteroatoms. The van der Waals surface area contributed by atoms with Gasteiger partial charge in [0.25, 0.3) is 0 Å². The number of nitrogens with zero attached hydrogens (tertiary/aromatic N) is 3. The number of pyridine rings is 1. The topological polar surface area (TPSA) is 71.3 Å². The molecule has 1 amide bonds. The van der Waals surface area contributed by atoms with E-state index >= 15 is 0 Å². The second-order valence-electron chi connectivity index (χ2n) is 6.68. The predicted octanol–water partition coefficient (Wildman–Crippen LogP) is 2.93. The van der Waals surface area contributed by atoms with E-state index in [4.69, 9.17) is 4.52 Å². The van der Waals surface area contributed by atoms with E-state index in [0.29, 0.717) is 18.7 Å². The summed E-state index contributed by atoms with van der Waals surface area (Å²) in [4.78, 5) is 19.1. The number of hydrogen-bond donors (Lipinski definition) is 1. The van der Waals surface area contributed by atoms with Crippen LogP contribution >= 0.6 is 0 Å². The average Bonchev–Trinajstić information content (AvgIpc) is 2.85. The van der Waals surface area contributed by atoms with Crippen molar-refractivity contribution in [1.29, 1.82) is 0 Å². The molecule has 1 aliphatic heterocycles. The van der Waals surface area contributed by atoms with Gasteiger partial charge in [-0.25, -0.2) is 4.98 Å². The van der Waals surface area contributed by atoms with E-state index < -0.39 is 0 Å². The maximum Gasteiger partial charge on any atom is 0.224 e. The summed E-state index contributed by atoms with van der Waals surface area (Å²) in [7, 11) is 0. The fourth-order valence-electron chi connectivity index (χ4n) is 3.19. The van der Waals surface area contributed by atoms with Crippen LogP contribution in [0.5, 0.6) is 0 Å². The van der Waals surface area contributed by atoms with Crippen LogP contribution in [0.1, 0.15) is 48.3 Å². The largest absolute Gasteiger partial charge is 0.361 e. The third-order valence-electron chi connectivity index (χ3n) is 4.75. The van der Waals surface area contributed by atoms with E-state index in [-0.39, 0.29) is 5.91 Å². The Hall–Kier alpha value is -2.37. The number of rotatable bonds is 5. The zero-order valence-electron chi connectivity index (χ0n) is 15.0. The van der Waals surface area contributed by atoms with Gasteiger partial charge in [-0.2, -0.15) is 0 Å². The molecule has 2 aromatic heterocycles. The second kappa shape index (κ2) is 8.14. The molecule has 1 saturated heterocycles. The number of amides is 1. The van der Waals surface area contributed by atoms with Gasteiger partial charge in [0, 0.05) is 31.4 Å². The Kier molecular flexibility index (Phi) is 5.68. The average molecular weight is 342 g/mol. The maximum atomic E-state index is 12.1. The maximum absolute atomic E-state index is 12.1. The minimum atomic E-state index is -0.0361. The first kappa shape index (κ1) is 17.5. The van der Waals surface area contributed by atoms with E-state index in [1.165, 1.54) is 25.7 Å². The number of carbonyl (C=O) groups is 1. The van der Waals surface area contributed by atoms with Crippen molar-refractivity contribution in [2.75, 3.05) is 18.0 Å². The normalized spacial score (nSPS) is 15.0. The number of anilines is 1. The zero-order chi connectivity index (χ0) is 17.6. The van der Waals surface area contributed by atoms with Crippen LogP contribution in [-0.4, -0.2) is 29.1 Å². The van der Waals surface area contributed by atoms with Crippen LogP contribution in [0.2, 0.25) is 0 Å². The van der Waals surface area contributed by atoms with Crippen LogP contribution in [0.25, 0.3) is 0 Å². The fourth-order valence-corrected chi connectivity index (χ4v) is 3.19. The minimum absolute atomic E-state index is 0.0361. The summed E-state index contributed by atoms with van der Waals surface area (Å²) in [6.07, 6.45) is 7.25. The predicted molar refractivity (Wildman–Crippen MR) is 96.4 cm³/mol. The molecule has 1 aliphatic rings. The SMILES string of the molecule is Cc1noc(C)c1CC(=O)NCc1ccc(N2CCCCCC2)nc1. The van der Waals surface area contributed by atoms with Gasteiger partial charge in [0.05, 0.1) is 12.1 Å². The van der Waals surface area contributed by atoms with E-state index in [1.807, 2.05) is 26.1 Å². The summed E-state index contributed by atoms with van der Waals surface area (Å²) in [5.41, 5.74) is 2.65. The van der Waals surface area contributed by atoms with Gasteiger partial charge >= 0.3 is 0 Å². The summed E-state index contributed by atoms with van der Waals surface area (Å²) in [5, 5.41) is 6.82. The van der Waals surface area contributed by atoms with Crippen LogP contribution in [0, 0.1) is 13.8 Å². The van der Waals surface area contributed by atoms with Crippen molar-refractivity contribution in [3.05, 3.63) is 40.9 Å². The molecule has 0 atom stereocenters. The number of aromatic nitrogens is 2. The number of aryl methyl sites for hydroxylation is 2. The van der Waals surface area contributed by atoms with Crippen LogP contribution in [-0.2, 0) is 17.8 Å². The quantitative estimate of drug-likeness (QED) is 0.904. The van der Waals surface area contributed by atoms with Gasteiger partial charge in [-0.15, -0.1) is 0 Å². The summed E-state index contributed by atoms with van der Waals surface area (Å²) < 4.78 is 5.09. The van der Waals surface area contributed by atoms with Gasteiger partial charge in [-0.1, -0.05) is 24.1 Å². The molecular formula is C19H26N4O2. The Bertz CT molecular complexity index is 681. The second-order valence-corrected chi connectivity index (χ2v) is 6.68. The Morgan fingerprint density at radius 1 is 1.20 bits per heavy atom. The highest BCUT2D eigenvalue weighted by Crippen LogP contribution is 2.17. The third-order valence-corrected chi connectivity index (χ3v) is 4.75. The molecule has 0 saturated carbocycles. The number of nitrogens with one attached hydrogen (secondary N) is 1. The van der Waals surface area contributed by atoms with Crippen LogP contribution < -0.4 is 10.2 Å². The summed E-state index contributed by atoms with van der Waals surface area (Å²) >= 11 is 0. The van der Waals surface area contributed by atoms with Crippen molar-refractivity contribution in [3.8, 4) is 0 Å². The van der Waals surface area contributed by atoms with E-state index in [0.717, 1.165) is 35.7 Å². The molecule has 0 radical (unpaired) electrons. The summed E-state index contributed by atoms with van der Waals surface area (Å²) in [6, 6.07) is 4.10. The molecule has 2 aromatic rings. The van der Waals surface area contributed by atoms with E-state index in [1.54, 1.807) is 0 Å². The van der Waals surface area contributed by atoms with Crippen molar-refractivity contribution in [3.63, 3.8) is 0 Å². The number of hydrogen-bond acceptors (Lipinski definition) is 5. The van der Waals surface area contributed by atoms with E-state index in [9.17, 15) is 4.79 Å². The van der Waals surface area contributed by atoms with Crippen molar-refractivity contribution in [2.45, 2.75) is 52.5 Å². The van der Waals surface area contributed by atoms with Gasteiger partial charge < -0.3 is 14.7 Å². The molecule has 6 nitrogen and oxygen atoms in total. The molecule has 1 N–H and O–H groups in total. The Balaban J connectivity index is 1.52. The van der Waals surface area contributed by atoms with Gasteiger partial charge in [-0.3, -0.25) is 4.79 Å². The molecule has 0 bridgehead atoms. The number of carbonyl (C=O) groups excluding carboxylic acids is 1. The fraction of sp³-hybridized carbons (Fsp3) is 0.526. The molecule has 134 valence electrons. The molecule has 3 rings (SSSR count). The lowest BCUT2D eigenvalue weighted by Gasteiger charge is -2.21. The first-order chi connectivity index (χ1) is 12.1. The molecule has 25 heavy (non-hydrogen) atoms. The minimum Gasteiger partial charge on any atom is -0.361 e. The van der Waals surface area contributed by atoms with Crippen molar-refractivity contribution in [1.82, 2.24) is 15.5 Å². The highest BCUT2D eigenvalue weighted by Gasteiger charge is 2.14. The summed E-state index contributed by atoms with van der Waals surface area (Å²) in [6.45, 7) is 6.33. The van der Waals surface area contributed by atoms with Crippen LogP contribution in [0.3, 0.4) is 0 Å². The molecule has 0 aliphatic carbocycles. The lowest BCUT2D eigenvalue weighted by atomic mass is 10.1. The van der Waals surface area contributed by atoms with Gasteiger partial charge in [0.2, 0.25) is 5.91 Å². The van der Waals surface area contributed by atoms with Crippen molar-refractivity contribution < 1.29 is 9.32 Å². The highest BCUT2D eigenvalue weighted by molar-refractivity contribution is 5.79. The van der Waals surface area contributed by atoms with Crippen LogP contribution in [0.15, 0.2) is 22.9 Å². The molecule has 1 fully saturated rings. The zero-order valence-corrected chi connectivity index (χ0v) is 15.0. The molecule has 3 heterocycles. The Morgan fingerprint density at radius 3 is 2.56 bits per heavy atom. The van der Waals surface area contributed by atoms with Crippen molar-refractivity contribution >= 4 is 11.7 Å². The summed E-state index contributed by atoms with van der Waals surface area (Å²) in [5.74, 6) is 1.70. The lowest BCUT2D eigenvalue weighted by Crippen LogP contribution is -2.26.